The predicted molar refractivity (Wildman–Crippen MR) is 248 cm³/mol. The van der Waals surface area contributed by atoms with Crippen molar-refractivity contribution in [1.29, 1.82) is 0 Å². The largest absolute Gasteiger partial charge is 0.391 e. The molecule has 4 N–H and O–H groups in total. The second-order valence-electron chi connectivity index (χ2n) is 17.4. The molecule has 12 nitrogen and oxygen atoms in total. The Morgan fingerprint density at radius 1 is 1.00 bits per heavy atom. The van der Waals surface area contributed by atoms with Crippen LogP contribution in [-0.4, -0.2) is 75.8 Å². The second kappa shape index (κ2) is 20.1. The van der Waals surface area contributed by atoms with Crippen LogP contribution in [0, 0.1) is 39.0 Å². The topological polar surface area (TPSA) is 164 Å². The maximum absolute atomic E-state index is 14.5. The highest BCUT2D eigenvalue weighted by molar-refractivity contribution is 9.10. The highest BCUT2D eigenvalue weighted by Gasteiger charge is 2.48. The quantitative estimate of drug-likeness (QED) is 0.0772. The molecule has 3 aromatic carbocycles. The molecule has 0 spiro atoms. The Labute approximate surface area is 377 Å². The lowest BCUT2D eigenvalue weighted by molar-refractivity contribution is -0.157. The van der Waals surface area contributed by atoms with Gasteiger partial charge in [-0.15, -0.1) is 11.3 Å². The smallest absolute Gasteiger partial charge is 0.247 e. The van der Waals surface area contributed by atoms with E-state index in [-0.39, 0.29) is 31.5 Å². The van der Waals surface area contributed by atoms with Crippen molar-refractivity contribution in [3.63, 3.8) is 0 Å². The molecular weight excluding hydrogens is 869 g/mol. The molecule has 1 unspecified atom stereocenters. The van der Waals surface area contributed by atoms with E-state index in [0.717, 1.165) is 78.5 Å². The maximum atomic E-state index is 14.5. The molecule has 62 heavy (non-hydrogen) atoms. The molecule has 2 aromatic heterocycles. The summed E-state index contributed by atoms with van der Waals surface area (Å²) in [5.74, 6) is -1.81. The molecular formula is C48H59BrN6O6S. The van der Waals surface area contributed by atoms with Crippen molar-refractivity contribution >= 4 is 56.4 Å². The number of hydrogen-bond acceptors (Lipinski definition) is 10. The Bertz CT molecular complexity index is 2320. The van der Waals surface area contributed by atoms with Crippen LogP contribution in [0.4, 0.5) is 11.4 Å². The zero-order valence-electron chi connectivity index (χ0n) is 36.9. The first-order valence-corrected chi connectivity index (χ1v) is 22.9. The number of aromatic nitrogens is 2. The summed E-state index contributed by atoms with van der Waals surface area (Å²) < 4.78 is 12.7. The van der Waals surface area contributed by atoms with E-state index in [0.29, 0.717) is 13.0 Å². The Morgan fingerprint density at radius 3 is 2.31 bits per heavy atom. The summed E-state index contributed by atoms with van der Waals surface area (Å²) in [4.78, 5) is 50.6. The summed E-state index contributed by atoms with van der Waals surface area (Å²) in [7, 11) is 0. The highest BCUT2D eigenvalue weighted by atomic mass is 79.9. The molecule has 3 amide bonds. The van der Waals surface area contributed by atoms with Gasteiger partial charge in [-0.1, -0.05) is 78.3 Å². The first-order chi connectivity index (χ1) is 29.4. The van der Waals surface area contributed by atoms with Crippen molar-refractivity contribution < 1.29 is 28.8 Å². The normalized spacial score (nSPS) is 16.8. The summed E-state index contributed by atoms with van der Waals surface area (Å²) in [6, 6.07) is 21.3. The maximum Gasteiger partial charge on any atom is 0.247 e. The predicted octanol–water partition coefficient (Wildman–Crippen LogP) is 9.14. The number of carbonyl (C=O) groups is 3. The van der Waals surface area contributed by atoms with E-state index in [1.54, 1.807) is 11.3 Å². The van der Waals surface area contributed by atoms with Crippen LogP contribution < -0.4 is 16.0 Å². The average Bonchev–Trinajstić information content (AvgIpc) is 3.94. The van der Waals surface area contributed by atoms with Crippen LogP contribution in [0.15, 0.2) is 81.2 Å². The number of anilines is 2. The minimum absolute atomic E-state index is 0.0400. The number of nitrogens with two attached hydrogens (primary N) is 1. The molecule has 5 aromatic rings. The van der Waals surface area contributed by atoms with Crippen molar-refractivity contribution in [2.75, 3.05) is 24.6 Å². The number of rotatable bonds is 17. The van der Waals surface area contributed by atoms with Gasteiger partial charge in [0, 0.05) is 47.5 Å². The van der Waals surface area contributed by atoms with E-state index >= 15 is 0 Å². The van der Waals surface area contributed by atoms with Crippen LogP contribution in [0.5, 0.6) is 0 Å². The van der Waals surface area contributed by atoms with E-state index in [1.165, 1.54) is 4.90 Å². The lowest BCUT2D eigenvalue weighted by Crippen LogP contribution is -2.55. The number of aliphatic hydroxyl groups excluding tert-OH is 1. The van der Waals surface area contributed by atoms with Crippen LogP contribution in [0.3, 0.4) is 0 Å². The fraction of sp³-hybridized carbons (Fsp3) is 0.438. The van der Waals surface area contributed by atoms with E-state index in [4.69, 9.17) is 15.0 Å². The van der Waals surface area contributed by atoms with Gasteiger partial charge in [0.2, 0.25) is 17.7 Å². The molecule has 3 heterocycles. The minimum Gasteiger partial charge on any atom is -0.391 e. The summed E-state index contributed by atoms with van der Waals surface area (Å²) in [6.45, 7) is 16.3. The van der Waals surface area contributed by atoms with Crippen molar-refractivity contribution in [2.45, 2.75) is 105 Å². The minimum atomic E-state index is -1.24. The summed E-state index contributed by atoms with van der Waals surface area (Å²) in [6.07, 6.45) is 0.151. The second-order valence-corrected chi connectivity index (χ2v) is 19.2. The number of thiazole rings is 1. The number of primary amides is 1. The summed E-state index contributed by atoms with van der Waals surface area (Å²) in [5, 5.41) is 18.0. The number of hydrogen-bond donors (Lipinski definition) is 3. The van der Waals surface area contributed by atoms with Crippen LogP contribution in [0.2, 0.25) is 0 Å². The Morgan fingerprint density at radius 2 is 1.69 bits per heavy atom. The SMILES string of the molecule is Cc1ccc(-c2c(C)noc2C)cc1N(CCCCCOC(C(N)=O)[C@@H](C(=O)N1C[C@H](O)C[C@H]1C(=O)N[C@@H](C)c1ccc(-c2scnc2C)cc1)C(C)(C)C)c1ccc(Br)cc1. The van der Waals surface area contributed by atoms with Crippen molar-refractivity contribution in [3.05, 3.63) is 105 Å². The number of carbonyl (C=O) groups excluding carboxylic acids is 3. The van der Waals surface area contributed by atoms with Gasteiger partial charge in [0.05, 0.1) is 39.8 Å². The van der Waals surface area contributed by atoms with Gasteiger partial charge < -0.3 is 35.2 Å². The monoisotopic (exact) mass is 926 g/mol. The molecule has 0 aliphatic carbocycles. The zero-order valence-corrected chi connectivity index (χ0v) is 39.3. The van der Waals surface area contributed by atoms with E-state index in [1.807, 2.05) is 90.4 Å². The highest BCUT2D eigenvalue weighted by Crippen LogP contribution is 2.37. The number of aliphatic hydroxyl groups is 1. The number of likely N-dealkylation sites (tertiary alicyclic amines) is 1. The Kier molecular flexibility index (Phi) is 15.1. The number of halogens is 1. The number of amides is 3. The fourth-order valence-corrected chi connectivity index (χ4v) is 9.47. The van der Waals surface area contributed by atoms with Gasteiger partial charge in [-0.3, -0.25) is 14.4 Å². The molecule has 0 bridgehead atoms. The molecule has 5 atom stereocenters. The van der Waals surface area contributed by atoms with Crippen LogP contribution in [0.25, 0.3) is 21.6 Å². The molecule has 1 fully saturated rings. The Balaban J connectivity index is 1.10. The van der Waals surface area contributed by atoms with Gasteiger partial charge in [-0.25, -0.2) is 4.98 Å². The molecule has 1 aliphatic heterocycles. The van der Waals surface area contributed by atoms with Gasteiger partial charge in [0.25, 0.3) is 0 Å². The summed E-state index contributed by atoms with van der Waals surface area (Å²) >= 11 is 5.15. The number of nitrogens with one attached hydrogen (secondary N) is 1. The molecule has 1 aliphatic rings. The molecule has 14 heteroatoms. The molecule has 0 saturated carbocycles. The molecule has 6 rings (SSSR count). The van der Waals surface area contributed by atoms with Crippen LogP contribution >= 0.6 is 27.3 Å². The van der Waals surface area contributed by atoms with Crippen molar-refractivity contribution in [3.8, 4) is 21.6 Å². The van der Waals surface area contributed by atoms with Crippen molar-refractivity contribution in [2.24, 2.45) is 17.1 Å². The number of unbranched alkanes of at least 4 members (excludes halogenated alkanes) is 2. The number of β-amino-alcohol motifs (C(OH)–C–C–N with tert-alkyl or cyclic N) is 1. The fourth-order valence-electron chi connectivity index (χ4n) is 8.40. The van der Waals surface area contributed by atoms with Gasteiger partial charge in [0.15, 0.2) is 0 Å². The van der Waals surface area contributed by atoms with Gasteiger partial charge >= 0.3 is 0 Å². The van der Waals surface area contributed by atoms with Crippen molar-refractivity contribution in [1.82, 2.24) is 20.4 Å². The Hall–Kier alpha value is -4.89. The van der Waals surface area contributed by atoms with Crippen LogP contribution in [0.1, 0.15) is 87.7 Å². The first kappa shape index (κ1) is 46.6. The van der Waals surface area contributed by atoms with Gasteiger partial charge in [-0.2, -0.15) is 0 Å². The molecule has 1 saturated heterocycles. The number of aryl methyl sites for hydroxylation is 4. The third-order valence-electron chi connectivity index (χ3n) is 11.7. The third kappa shape index (κ3) is 10.8. The van der Waals surface area contributed by atoms with Gasteiger partial charge in [-0.05, 0) is 112 Å². The standard InChI is InChI=1S/C48H59BrN6O6S/c1-28-12-13-35(41-30(3)53-61-32(41)5)24-39(28)54(37-20-18-36(49)19-21-37)22-10-9-11-23-60-43(45(50)57)42(48(6,7)8)47(59)55-26-38(56)25-40(55)46(58)52-29(2)33-14-16-34(17-15-33)44-31(4)51-27-62-44/h12-21,24,27,29,38,40,42-43,56H,9-11,22-23,25-26H2,1-8H3,(H2,50,57)(H,52,58)/t29-,38+,40-,42-,43?/m0/s1. The molecule has 0 radical (unpaired) electrons. The summed E-state index contributed by atoms with van der Waals surface area (Å²) in [5.41, 5.74) is 16.1. The lowest BCUT2D eigenvalue weighted by Gasteiger charge is -2.38. The zero-order chi connectivity index (χ0) is 44.9. The number of nitrogens with zero attached hydrogens (tertiary/aromatic N) is 4. The number of benzene rings is 3. The van der Waals surface area contributed by atoms with E-state index < -0.39 is 41.4 Å². The molecule has 330 valence electrons. The average molecular weight is 928 g/mol. The first-order valence-electron chi connectivity index (χ1n) is 21.2. The third-order valence-corrected chi connectivity index (χ3v) is 13.2. The van der Waals surface area contributed by atoms with E-state index in [2.05, 4.69) is 73.5 Å². The van der Waals surface area contributed by atoms with Crippen LogP contribution in [-0.2, 0) is 19.1 Å². The lowest BCUT2D eigenvalue weighted by atomic mass is 9.75. The van der Waals surface area contributed by atoms with Gasteiger partial charge in [0.1, 0.15) is 17.9 Å². The number of ether oxygens (including phenoxy) is 1. The van der Waals surface area contributed by atoms with E-state index in [9.17, 15) is 19.5 Å².